The summed E-state index contributed by atoms with van der Waals surface area (Å²) in [7, 11) is 0. The van der Waals surface area contributed by atoms with E-state index in [9.17, 15) is 18.4 Å². The lowest BCUT2D eigenvalue weighted by molar-refractivity contribution is -0.148. The van der Waals surface area contributed by atoms with Crippen molar-refractivity contribution in [1.82, 2.24) is 25.3 Å². The quantitative estimate of drug-likeness (QED) is 0.636. The van der Waals surface area contributed by atoms with Crippen LogP contribution >= 0.6 is 0 Å². The van der Waals surface area contributed by atoms with E-state index < -0.39 is 12.0 Å². The molecule has 3 heterocycles. The number of aryl methyl sites for hydroxylation is 1. The zero-order valence-corrected chi connectivity index (χ0v) is 18.5. The van der Waals surface area contributed by atoms with E-state index in [-0.39, 0.29) is 29.9 Å². The minimum absolute atomic E-state index is 0.257. The number of amides is 2. The fourth-order valence-electron chi connectivity index (χ4n) is 4.76. The largest absolute Gasteiger partial charge is 0.342 e. The second-order valence-corrected chi connectivity index (χ2v) is 8.86. The molecule has 172 valence electrons. The number of hydrogen-bond acceptors (Lipinski definition) is 4. The number of carbonyl (C=O) groups excluding carboxylic acids is 2. The first-order chi connectivity index (χ1) is 15.8. The van der Waals surface area contributed by atoms with Gasteiger partial charge in [-0.25, -0.2) is 18.8 Å². The van der Waals surface area contributed by atoms with E-state index in [2.05, 4.69) is 15.3 Å². The Balaban J connectivity index is 1.38. The zero-order chi connectivity index (χ0) is 23.3. The molecule has 0 aliphatic carbocycles. The van der Waals surface area contributed by atoms with E-state index in [0.717, 1.165) is 6.42 Å². The lowest BCUT2D eigenvalue weighted by Gasteiger charge is -2.28. The van der Waals surface area contributed by atoms with Gasteiger partial charge in [-0.1, -0.05) is 19.1 Å². The maximum absolute atomic E-state index is 14.6. The average Bonchev–Trinajstić information content (AvgIpc) is 3.37. The molecule has 2 aliphatic rings. The molecule has 3 aromatic rings. The summed E-state index contributed by atoms with van der Waals surface area (Å²) in [6.07, 6.45) is 1.09. The summed E-state index contributed by atoms with van der Waals surface area (Å²) in [4.78, 5) is 34.0. The molecule has 0 saturated carbocycles. The van der Waals surface area contributed by atoms with Crippen molar-refractivity contribution in [2.24, 2.45) is 5.92 Å². The molecular formula is C24H25F2N5O2. The summed E-state index contributed by atoms with van der Waals surface area (Å²) in [5.41, 5.74) is 2.87. The number of benzene rings is 2. The first-order valence-electron chi connectivity index (χ1n) is 11.1. The van der Waals surface area contributed by atoms with Crippen molar-refractivity contribution in [2.45, 2.75) is 39.3 Å². The molecule has 33 heavy (non-hydrogen) atoms. The van der Waals surface area contributed by atoms with Gasteiger partial charge in [-0.3, -0.25) is 14.6 Å². The molecule has 2 aliphatic heterocycles. The number of nitrogens with one attached hydrogen (secondary N) is 2. The van der Waals surface area contributed by atoms with Crippen LogP contribution in [0, 0.1) is 24.5 Å². The number of rotatable bonds is 4. The molecule has 2 atom stereocenters. The Kier molecular flexibility index (Phi) is 5.36. The number of carbonyl (C=O) groups is 2. The number of nitrogens with zero attached hydrogens (tertiary/aromatic N) is 3. The van der Waals surface area contributed by atoms with Crippen molar-refractivity contribution in [1.29, 1.82) is 0 Å². The van der Waals surface area contributed by atoms with Gasteiger partial charge in [0.2, 0.25) is 5.91 Å². The lowest BCUT2D eigenvalue weighted by Crippen LogP contribution is -2.46. The average molecular weight is 453 g/mol. The van der Waals surface area contributed by atoms with Crippen molar-refractivity contribution in [2.75, 3.05) is 13.1 Å². The van der Waals surface area contributed by atoms with Crippen molar-refractivity contribution < 1.29 is 18.4 Å². The van der Waals surface area contributed by atoms with Gasteiger partial charge < -0.3 is 10.3 Å². The third kappa shape index (κ3) is 3.86. The van der Waals surface area contributed by atoms with Crippen molar-refractivity contribution in [3.05, 3.63) is 64.5 Å². The molecule has 2 N–H and O–H groups in total. The molecule has 0 radical (unpaired) electrons. The molecule has 1 fully saturated rings. The number of hydrazine groups is 1. The van der Waals surface area contributed by atoms with Gasteiger partial charge >= 0.3 is 0 Å². The predicted octanol–water partition coefficient (Wildman–Crippen LogP) is 3.15. The summed E-state index contributed by atoms with van der Waals surface area (Å²) in [5.74, 6) is -1.28. The molecule has 1 saturated heterocycles. The van der Waals surface area contributed by atoms with Gasteiger partial charge in [-0.2, -0.15) is 0 Å². The van der Waals surface area contributed by atoms with Crippen LogP contribution in [0.15, 0.2) is 30.3 Å². The fourth-order valence-corrected chi connectivity index (χ4v) is 4.76. The van der Waals surface area contributed by atoms with Crippen LogP contribution in [0.3, 0.4) is 0 Å². The topological polar surface area (TPSA) is 81.3 Å². The minimum Gasteiger partial charge on any atom is -0.342 e. The molecular weight excluding hydrogens is 428 g/mol. The van der Waals surface area contributed by atoms with Gasteiger partial charge in [0.15, 0.2) is 0 Å². The van der Waals surface area contributed by atoms with E-state index in [1.807, 2.05) is 5.01 Å². The first-order valence-corrected chi connectivity index (χ1v) is 11.1. The second kappa shape index (κ2) is 8.22. The maximum atomic E-state index is 14.6. The van der Waals surface area contributed by atoms with Crippen LogP contribution in [0.4, 0.5) is 8.78 Å². The number of halogens is 2. The molecule has 9 heteroatoms. The number of H-pyrrole nitrogens is 1. The van der Waals surface area contributed by atoms with Crippen LogP contribution in [-0.2, 0) is 22.6 Å². The maximum Gasteiger partial charge on any atom is 0.264 e. The molecule has 0 spiro atoms. The summed E-state index contributed by atoms with van der Waals surface area (Å²) < 4.78 is 28.3. The van der Waals surface area contributed by atoms with Crippen LogP contribution in [0.5, 0.6) is 0 Å². The van der Waals surface area contributed by atoms with E-state index in [0.29, 0.717) is 53.2 Å². The summed E-state index contributed by atoms with van der Waals surface area (Å²) in [5, 5.41) is 6.31. The first kappa shape index (κ1) is 21.5. The monoisotopic (exact) mass is 453 g/mol. The van der Waals surface area contributed by atoms with Crippen molar-refractivity contribution in [3.8, 4) is 0 Å². The highest BCUT2D eigenvalue weighted by Crippen LogP contribution is 2.31. The van der Waals surface area contributed by atoms with E-state index >= 15 is 0 Å². The molecule has 5 rings (SSSR count). The van der Waals surface area contributed by atoms with Crippen molar-refractivity contribution in [3.63, 3.8) is 0 Å². The predicted molar refractivity (Wildman–Crippen MR) is 118 cm³/mol. The number of aromatic nitrogens is 2. The van der Waals surface area contributed by atoms with Gasteiger partial charge in [-0.15, -0.1) is 0 Å². The van der Waals surface area contributed by atoms with Gasteiger partial charge in [0.1, 0.15) is 23.5 Å². The smallest absolute Gasteiger partial charge is 0.264 e. The number of imidazole rings is 1. The molecule has 2 amide bonds. The molecule has 1 aromatic heterocycles. The minimum atomic E-state index is -0.958. The number of fused-ring (bicyclic) bond motifs is 3. The van der Waals surface area contributed by atoms with Gasteiger partial charge in [0.05, 0.1) is 11.0 Å². The normalized spacial score (nSPS) is 19.3. The standard InChI is InChI=1S/C24H25F2N5O2/c1-13-9-15(25)11-19-21(13)28-20(27-19)10-14(2)23(32)29-22-16-5-3-6-18(26)17(16)12-30-7-4-8-31(30)24(22)33/h3,5-6,9,11,14,22H,4,7-8,10,12H2,1-2H3,(H,27,28)(H,29,32)/t14?,22-/m0/s1. The van der Waals surface area contributed by atoms with Gasteiger partial charge in [0.25, 0.3) is 5.91 Å². The van der Waals surface area contributed by atoms with Crippen LogP contribution in [0.2, 0.25) is 0 Å². The Morgan fingerprint density at radius 2 is 2.12 bits per heavy atom. The molecule has 7 nitrogen and oxygen atoms in total. The lowest BCUT2D eigenvalue weighted by atomic mass is 9.98. The molecule has 2 aromatic carbocycles. The third-order valence-corrected chi connectivity index (χ3v) is 6.46. The van der Waals surface area contributed by atoms with E-state index in [1.54, 1.807) is 31.0 Å². The number of hydrogen-bond donors (Lipinski definition) is 2. The summed E-state index contributed by atoms with van der Waals surface area (Å²) in [6, 6.07) is 6.47. The Morgan fingerprint density at radius 1 is 1.30 bits per heavy atom. The Hall–Kier alpha value is -3.33. The van der Waals surface area contributed by atoms with E-state index in [4.69, 9.17) is 0 Å². The highest BCUT2D eigenvalue weighted by molar-refractivity contribution is 5.90. The highest BCUT2D eigenvalue weighted by Gasteiger charge is 2.39. The van der Waals surface area contributed by atoms with Crippen LogP contribution in [-0.4, -0.2) is 44.9 Å². The van der Waals surface area contributed by atoms with Crippen LogP contribution < -0.4 is 5.32 Å². The second-order valence-electron chi connectivity index (χ2n) is 8.86. The molecule has 1 unspecified atom stereocenters. The van der Waals surface area contributed by atoms with Crippen LogP contribution in [0.25, 0.3) is 11.0 Å². The van der Waals surface area contributed by atoms with Crippen LogP contribution in [0.1, 0.15) is 41.9 Å². The molecule has 0 bridgehead atoms. The fraction of sp³-hybridized carbons (Fsp3) is 0.375. The zero-order valence-electron chi connectivity index (χ0n) is 18.5. The summed E-state index contributed by atoms with van der Waals surface area (Å²) in [6.45, 7) is 5.03. The van der Waals surface area contributed by atoms with E-state index in [1.165, 1.54) is 18.2 Å². The van der Waals surface area contributed by atoms with Gasteiger partial charge in [-0.05, 0) is 42.7 Å². The Labute approximate surface area is 189 Å². The third-order valence-electron chi connectivity index (χ3n) is 6.46. The summed E-state index contributed by atoms with van der Waals surface area (Å²) >= 11 is 0. The van der Waals surface area contributed by atoms with Gasteiger partial charge in [0, 0.05) is 37.5 Å². The number of aromatic amines is 1. The Morgan fingerprint density at radius 3 is 2.94 bits per heavy atom. The Bertz CT molecular complexity index is 1260. The van der Waals surface area contributed by atoms with Crippen molar-refractivity contribution >= 4 is 22.8 Å². The SMILES string of the molecule is Cc1cc(F)cc2[nH]c(CC(C)C(=O)N[C@@H]3C(=O)N4CCCN4Cc4c(F)cccc43)nc12. The highest BCUT2D eigenvalue weighted by atomic mass is 19.1.